The number of esters is 1. The first-order valence-corrected chi connectivity index (χ1v) is 11.2. The molecular weight excluding hydrogens is 464 g/mol. The third-order valence-electron chi connectivity index (χ3n) is 4.43. The Kier molecular flexibility index (Phi) is 11.5. The van der Waals surface area contributed by atoms with Crippen molar-refractivity contribution in [3.8, 4) is 88.6 Å². The Labute approximate surface area is 237 Å². The standard InChI is InChI=1S/C31H22N2O4.13H2/c1-5-8-9-10-11-12-13-14-15-16-17-18-19-21-25-22-20-23-26(36-6-2)28(25)29-27(30(34)37-7-3)24(4)32-31(35)33-29;;;;;;;;;;;;;/h20,22-23,29H,6-7H2,1-4H3,(H2,32,33,35);13*1H. The molecule has 0 fully saturated rings. The molecule has 2 rings (SSSR count). The monoisotopic (exact) mass is 512 g/mol. The number of benzene rings is 1. The van der Waals surface area contributed by atoms with Crippen LogP contribution in [0.5, 0.6) is 5.75 Å². The van der Waals surface area contributed by atoms with Crippen LogP contribution in [-0.2, 0) is 9.53 Å². The van der Waals surface area contributed by atoms with Crippen LogP contribution in [-0.4, -0.2) is 25.2 Å². The van der Waals surface area contributed by atoms with Crippen molar-refractivity contribution in [2.24, 2.45) is 0 Å². The van der Waals surface area contributed by atoms with E-state index in [-0.39, 0.29) is 30.7 Å². The number of ether oxygens (including phenoxy) is 2. The Morgan fingerprint density at radius 2 is 1.51 bits per heavy atom. The number of carbonyl (C=O) groups is 2. The molecule has 1 unspecified atom stereocenters. The first kappa shape index (κ1) is 27.7. The van der Waals surface area contributed by atoms with Crippen molar-refractivity contribution in [2.45, 2.75) is 33.7 Å². The maximum Gasteiger partial charge on any atom is 0.338 e. The molecule has 1 aromatic rings. The highest BCUT2D eigenvalue weighted by atomic mass is 16.5. The molecule has 206 valence electrons. The first-order valence-electron chi connectivity index (χ1n) is 11.2. The van der Waals surface area contributed by atoms with Crippen molar-refractivity contribution < 1.29 is 37.6 Å². The predicted octanol–water partition coefficient (Wildman–Crippen LogP) is 5.87. The molecule has 0 saturated carbocycles. The number of allylic oxidation sites excluding steroid dienone is 1. The molecule has 0 bridgehead atoms. The van der Waals surface area contributed by atoms with E-state index in [9.17, 15) is 9.59 Å². The molecule has 6 nitrogen and oxygen atoms in total. The summed E-state index contributed by atoms with van der Waals surface area (Å²) in [5.74, 6) is 36.4. The molecule has 37 heavy (non-hydrogen) atoms. The second kappa shape index (κ2) is 15.3. The minimum atomic E-state index is -0.831. The number of urea groups is 1. The summed E-state index contributed by atoms with van der Waals surface area (Å²) in [6, 6.07) is 3.98. The number of rotatable bonds is 5. The molecule has 2 N–H and O–H groups in total. The summed E-state index contributed by atoms with van der Waals surface area (Å²) in [5, 5.41) is 5.40. The molecule has 1 aliphatic rings. The van der Waals surface area contributed by atoms with Gasteiger partial charge in [-0.25, -0.2) is 9.59 Å². The molecule has 2 amide bonds. The molecule has 1 heterocycles. The highest BCUT2D eigenvalue weighted by Crippen LogP contribution is 2.36. The maximum absolute atomic E-state index is 12.7. The van der Waals surface area contributed by atoms with Crippen LogP contribution in [0.25, 0.3) is 0 Å². The Morgan fingerprint density at radius 1 is 0.919 bits per heavy atom. The second-order valence-corrected chi connectivity index (χ2v) is 6.82. The Bertz CT molecular complexity index is 1590. The Hall–Kier alpha value is -5.58. The van der Waals surface area contributed by atoms with Gasteiger partial charge in [-0.05, 0) is 111 Å². The Balaban J connectivity index is -0.000000111. The lowest BCUT2D eigenvalue weighted by molar-refractivity contribution is -0.139. The van der Waals surface area contributed by atoms with Crippen molar-refractivity contribution in [2.75, 3.05) is 13.2 Å². The summed E-state index contributed by atoms with van der Waals surface area (Å²) in [4.78, 5) is 25.0. The van der Waals surface area contributed by atoms with E-state index in [2.05, 4.69) is 93.5 Å². The quantitative estimate of drug-likeness (QED) is 0.382. The molecule has 0 aliphatic carbocycles. The number of hydrogen-bond acceptors (Lipinski definition) is 4. The van der Waals surface area contributed by atoms with E-state index in [1.807, 2.05) is 6.92 Å². The van der Waals surface area contributed by atoms with E-state index in [1.165, 1.54) is 0 Å². The summed E-state index contributed by atoms with van der Waals surface area (Å²) >= 11 is 0. The van der Waals surface area contributed by atoms with Crippen molar-refractivity contribution >= 4 is 12.0 Å². The van der Waals surface area contributed by atoms with Gasteiger partial charge in [0, 0.05) is 35.4 Å². The molecule has 1 aliphatic heterocycles. The SMILES string of the molecule is CC#CC#CC#CC#CC#CC#CC#Cc1cccc(OCC)c1C1NC(=O)NC(C)=C1C(=O)OCC.[HH].[HH].[HH].[HH].[HH].[HH].[HH].[HH].[HH].[HH].[HH].[HH].[HH]. The smallest absolute Gasteiger partial charge is 0.338 e. The summed E-state index contributed by atoms with van der Waals surface area (Å²) < 4.78 is 11.0. The van der Waals surface area contributed by atoms with E-state index in [4.69, 9.17) is 9.47 Å². The lowest BCUT2D eigenvalue weighted by atomic mass is 9.91. The number of amides is 2. The third kappa shape index (κ3) is 8.61. The van der Waals surface area contributed by atoms with Gasteiger partial charge in [0.25, 0.3) is 0 Å². The van der Waals surface area contributed by atoms with Crippen molar-refractivity contribution in [3.63, 3.8) is 0 Å². The van der Waals surface area contributed by atoms with Gasteiger partial charge in [-0.1, -0.05) is 17.9 Å². The van der Waals surface area contributed by atoms with Gasteiger partial charge < -0.3 is 20.1 Å². The van der Waals surface area contributed by atoms with Crippen LogP contribution < -0.4 is 15.4 Å². The molecule has 1 aromatic carbocycles. The summed E-state index contributed by atoms with van der Waals surface area (Å²) in [6.07, 6.45) is 0. The van der Waals surface area contributed by atoms with Crippen LogP contribution >= 0.6 is 0 Å². The van der Waals surface area contributed by atoms with Crippen LogP contribution in [0.1, 0.15) is 63.4 Å². The highest BCUT2D eigenvalue weighted by Gasteiger charge is 2.35. The molecule has 0 radical (unpaired) electrons. The van der Waals surface area contributed by atoms with Crippen molar-refractivity contribution in [1.29, 1.82) is 0 Å². The van der Waals surface area contributed by atoms with Gasteiger partial charge in [0.2, 0.25) is 0 Å². The maximum atomic E-state index is 12.7. The summed E-state index contributed by atoms with van der Waals surface area (Å²) in [5.41, 5.74) is 1.71. The van der Waals surface area contributed by atoms with Gasteiger partial charge in [0.05, 0.1) is 24.8 Å². The van der Waals surface area contributed by atoms with Crippen molar-refractivity contribution in [1.82, 2.24) is 10.6 Å². The van der Waals surface area contributed by atoms with Gasteiger partial charge in [0.15, 0.2) is 0 Å². The third-order valence-corrected chi connectivity index (χ3v) is 4.43. The number of nitrogens with one attached hydrogen (secondary N) is 2. The molecule has 0 saturated heterocycles. The van der Waals surface area contributed by atoms with Gasteiger partial charge >= 0.3 is 12.0 Å². The first-order chi connectivity index (χ1) is 18.0. The second-order valence-electron chi connectivity index (χ2n) is 6.82. The van der Waals surface area contributed by atoms with E-state index in [0.717, 1.165) is 0 Å². The van der Waals surface area contributed by atoms with Crippen LogP contribution in [0.2, 0.25) is 0 Å². The molecule has 0 aromatic heterocycles. The zero-order valence-electron chi connectivity index (χ0n) is 20.9. The molecular formula is C31H48N2O4. The highest BCUT2D eigenvalue weighted by molar-refractivity contribution is 5.95. The molecule has 0 spiro atoms. The lowest BCUT2D eigenvalue weighted by Gasteiger charge is -2.29. The number of carbonyl (C=O) groups excluding carboxylic acids is 2. The largest absolute Gasteiger partial charge is 0.493 e. The lowest BCUT2D eigenvalue weighted by Crippen LogP contribution is -2.45. The van der Waals surface area contributed by atoms with E-state index < -0.39 is 18.0 Å². The topological polar surface area (TPSA) is 76.7 Å². The normalized spacial score (nSPS) is 12.3. The zero-order valence-corrected chi connectivity index (χ0v) is 20.9. The average Bonchev–Trinajstić information content (AvgIpc) is 2.86. The summed E-state index contributed by atoms with van der Waals surface area (Å²) in [7, 11) is 0. The fraction of sp³-hybridized carbons (Fsp3) is 0.226. The van der Waals surface area contributed by atoms with Crippen LogP contribution in [0.4, 0.5) is 4.79 Å². The fourth-order valence-electron chi connectivity index (χ4n) is 3.10. The minimum absolute atomic E-state index is 0. The van der Waals surface area contributed by atoms with E-state index in [0.29, 0.717) is 29.2 Å². The van der Waals surface area contributed by atoms with Crippen LogP contribution in [0, 0.1) is 82.9 Å². The fourth-order valence-corrected chi connectivity index (χ4v) is 3.10. The van der Waals surface area contributed by atoms with Gasteiger partial charge in [0.1, 0.15) is 5.75 Å². The van der Waals surface area contributed by atoms with Crippen LogP contribution in [0.15, 0.2) is 29.5 Å². The average molecular weight is 513 g/mol. The Morgan fingerprint density at radius 3 is 2.08 bits per heavy atom. The number of hydrogen-bond donors (Lipinski definition) is 2. The predicted molar refractivity (Wildman–Crippen MR) is 168 cm³/mol. The van der Waals surface area contributed by atoms with Gasteiger partial charge in [-0.2, -0.15) is 0 Å². The van der Waals surface area contributed by atoms with E-state index >= 15 is 0 Å². The van der Waals surface area contributed by atoms with Crippen molar-refractivity contribution in [3.05, 3.63) is 40.6 Å². The molecule has 6 heteroatoms. The van der Waals surface area contributed by atoms with Gasteiger partial charge in [-0.15, -0.1) is 0 Å². The van der Waals surface area contributed by atoms with Gasteiger partial charge in [-0.3, -0.25) is 0 Å². The zero-order chi connectivity index (χ0) is 26.9. The molecule has 1 atom stereocenters. The van der Waals surface area contributed by atoms with E-state index in [1.54, 1.807) is 39.0 Å². The van der Waals surface area contributed by atoms with Crippen LogP contribution in [0.3, 0.4) is 0 Å². The summed E-state index contributed by atoms with van der Waals surface area (Å²) in [6.45, 7) is 7.44. The minimum Gasteiger partial charge on any atom is -0.493 e.